The van der Waals surface area contributed by atoms with E-state index in [1.807, 2.05) is 13.8 Å². The molecule has 0 aliphatic heterocycles. The zero-order valence-electron chi connectivity index (χ0n) is 18.8. The Kier molecular flexibility index (Phi) is 5.91. The molecule has 170 valence electrons. The summed E-state index contributed by atoms with van der Waals surface area (Å²) in [5.41, 5.74) is 1.20. The number of amides is 1. The van der Waals surface area contributed by atoms with E-state index in [-0.39, 0.29) is 28.8 Å². The molecule has 0 atom stereocenters. The minimum absolute atomic E-state index is 0.00254. The summed E-state index contributed by atoms with van der Waals surface area (Å²) in [7, 11) is 3.04. The molecule has 0 unspecified atom stereocenters. The highest BCUT2D eigenvalue weighted by Crippen LogP contribution is 2.26. The summed E-state index contributed by atoms with van der Waals surface area (Å²) in [5.74, 6) is -0.446. The molecule has 0 aliphatic carbocycles. The Labute approximate surface area is 190 Å². The van der Waals surface area contributed by atoms with Gasteiger partial charge in [0.25, 0.3) is 11.5 Å². The maximum Gasteiger partial charge on any atom is 0.272 e. The minimum Gasteiger partial charge on any atom is -0.494 e. The number of carbonyl (C=O) groups excluding carboxylic acids is 1. The van der Waals surface area contributed by atoms with E-state index in [0.29, 0.717) is 22.5 Å². The van der Waals surface area contributed by atoms with E-state index in [2.05, 4.69) is 5.32 Å². The standard InChI is InChI=1S/C25H24FN3O4/c1-15(2)33-18-11-9-17(10-12-18)29-22(30)13-8-16-14-20(28(3)25(16)29)24(31)27-19-6-5-7-21(32-4)23(19)26/h5-15H,1-4H3,(H,27,31). The third-order valence-corrected chi connectivity index (χ3v) is 5.20. The van der Waals surface area contributed by atoms with Crippen molar-refractivity contribution >= 4 is 22.6 Å². The van der Waals surface area contributed by atoms with Crippen molar-refractivity contribution in [3.8, 4) is 17.2 Å². The molecule has 2 heterocycles. The lowest BCUT2D eigenvalue weighted by atomic mass is 10.2. The van der Waals surface area contributed by atoms with E-state index in [1.54, 1.807) is 54.1 Å². The number of carbonyl (C=O) groups is 1. The second-order valence-corrected chi connectivity index (χ2v) is 7.81. The van der Waals surface area contributed by atoms with Gasteiger partial charge >= 0.3 is 0 Å². The lowest BCUT2D eigenvalue weighted by molar-refractivity contribution is 0.101. The molecule has 7 nitrogen and oxygen atoms in total. The zero-order chi connectivity index (χ0) is 23.7. The van der Waals surface area contributed by atoms with Crippen LogP contribution in [0.3, 0.4) is 0 Å². The summed E-state index contributed by atoms with van der Waals surface area (Å²) in [6.45, 7) is 3.88. The highest BCUT2D eigenvalue weighted by atomic mass is 19.1. The molecule has 1 N–H and O–H groups in total. The van der Waals surface area contributed by atoms with Gasteiger partial charge in [0.15, 0.2) is 11.6 Å². The fraction of sp³-hybridized carbons (Fsp3) is 0.200. The number of ether oxygens (including phenoxy) is 2. The lowest BCUT2D eigenvalue weighted by Gasteiger charge is -2.13. The molecule has 0 bridgehead atoms. The molecule has 4 aromatic rings. The van der Waals surface area contributed by atoms with Gasteiger partial charge in [-0.15, -0.1) is 0 Å². The van der Waals surface area contributed by atoms with E-state index in [9.17, 15) is 14.0 Å². The molecular formula is C25H24FN3O4. The Morgan fingerprint density at radius 2 is 1.79 bits per heavy atom. The van der Waals surface area contributed by atoms with Crippen molar-refractivity contribution in [3.05, 3.63) is 82.5 Å². The van der Waals surface area contributed by atoms with Crippen LogP contribution in [0, 0.1) is 5.82 Å². The van der Waals surface area contributed by atoms with Gasteiger partial charge in [0.05, 0.1) is 24.6 Å². The molecule has 0 saturated heterocycles. The normalized spacial score (nSPS) is 11.1. The predicted molar refractivity (Wildman–Crippen MR) is 125 cm³/mol. The van der Waals surface area contributed by atoms with Crippen LogP contribution in [-0.4, -0.2) is 28.3 Å². The van der Waals surface area contributed by atoms with E-state index < -0.39 is 11.7 Å². The smallest absolute Gasteiger partial charge is 0.272 e. The largest absolute Gasteiger partial charge is 0.494 e. The molecule has 2 aromatic heterocycles. The first-order valence-electron chi connectivity index (χ1n) is 10.4. The third-order valence-electron chi connectivity index (χ3n) is 5.20. The number of nitrogens with one attached hydrogen (secondary N) is 1. The number of aromatic nitrogens is 2. The quantitative estimate of drug-likeness (QED) is 0.470. The fourth-order valence-electron chi connectivity index (χ4n) is 3.72. The molecule has 0 saturated carbocycles. The number of methoxy groups -OCH3 is 1. The fourth-order valence-corrected chi connectivity index (χ4v) is 3.72. The van der Waals surface area contributed by atoms with Crippen LogP contribution < -0.4 is 20.3 Å². The van der Waals surface area contributed by atoms with Crippen LogP contribution in [0.4, 0.5) is 10.1 Å². The van der Waals surface area contributed by atoms with Crippen LogP contribution in [-0.2, 0) is 7.05 Å². The van der Waals surface area contributed by atoms with Crippen LogP contribution in [0.5, 0.6) is 11.5 Å². The number of anilines is 1. The van der Waals surface area contributed by atoms with Gasteiger partial charge in [0.2, 0.25) is 0 Å². The van der Waals surface area contributed by atoms with E-state index >= 15 is 0 Å². The van der Waals surface area contributed by atoms with Gasteiger partial charge < -0.3 is 19.4 Å². The second kappa shape index (κ2) is 8.82. The third kappa shape index (κ3) is 4.19. The molecule has 33 heavy (non-hydrogen) atoms. The Hall–Kier alpha value is -4.07. The number of hydrogen-bond acceptors (Lipinski definition) is 4. The van der Waals surface area contributed by atoms with Gasteiger partial charge in [-0.3, -0.25) is 14.2 Å². The Morgan fingerprint density at radius 1 is 1.06 bits per heavy atom. The molecule has 8 heteroatoms. The van der Waals surface area contributed by atoms with Crippen molar-refractivity contribution in [2.75, 3.05) is 12.4 Å². The zero-order valence-corrected chi connectivity index (χ0v) is 18.8. The molecule has 1 amide bonds. The molecule has 0 aliphatic rings. The van der Waals surface area contributed by atoms with E-state index in [0.717, 1.165) is 0 Å². The number of benzene rings is 2. The van der Waals surface area contributed by atoms with Crippen LogP contribution in [0.2, 0.25) is 0 Å². The summed E-state index contributed by atoms with van der Waals surface area (Å²) in [5, 5.41) is 3.27. The first-order valence-corrected chi connectivity index (χ1v) is 10.4. The van der Waals surface area contributed by atoms with E-state index in [4.69, 9.17) is 9.47 Å². The first kappa shape index (κ1) is 22.1. The lowest BCUT2D eigenvalue weighted by Crippen LogP contribution is -2.21. The molecule has 2 aromatic carbocycles. The Bertz CT molecular complexity index is 1390. The molecule has 0 spiro atoms. The molecule has 0 fully saturated rings. The number of pyridine rings is 1. The van der Waals surface area contributed by atoms with Gasteiger partial charge in [-0.05, 0) is 62.4 Å². The summed E-state index contributed by atoms with van der Waals surface area (Å²) < 4.78 is 28.3. The van der Waals surface area contributed by atoms with Crippen LogP contribution in [0.15, 0.2) is 65.5 Å². The van der Waals surface area contributed by atoms with Gasteiger partial charge in [0, 0.05) is 18.5 Å². The van der Waals surface area contributed by atoms with Gasteiger partial charge in [-0.2, -0.15) is 0 Å². The average molecular weight is 449 g/mol. The summed E-state index contributed by atoms with van der Waals surface area (Å²) in [6.07, 6.45) is 0.0327. The predicted octanol–water partition coefficient (Wildman–Crippen LogP) is 4.52. The Morgan fingerprint density at radius 3 is 2.45 bits per heavy atom. The molecule has 0 radical (unpaired) electrons. The summed E-state index contributed by atoms with van der Waals surface area (Å²) >= 11 is 0. The van der Waals surface area contributed by atoms with Crippen molar-refractivity contribution < 1.29 is 18.7 Å². The van der Waals surface area contributed by atoms with Crippen LogP contribution in [0.25, 0.3) is 16.7 Å². The maximum atomic E-state index is 14.5. The minimum atomic E-state index is -0.660. The van der Waals surface area contributed by atoms with E-state index in [1.165, 1.54) is 29.9 Å². The highest BCUT2D eigenvalue weighted by Gasteiger charge is 2.19. The van der Waals surface area contributed by atoms with Crippen molar-refractivity contribution in [1.82, 2.24) is 9.13 Å². The number of nitrogens with zero attached hydrogens (tertiary/aromatic N) is 2. The van der Waals surface area contributed by atoms with Crippen molar-refractivity contribution in [3.63, 3.8) is 0 Å². The van der Waals surface area contributed by atoms with Crippen molar-refractivity contribution in [2.45, 2.75) is 20.0 Å². The summed E-state index contributed by atoms with van der Waals surface area (Å²) in [4.78, 5) is 25.8. The van der Waals surface area contributed by atoms with Crippen LogP contribution in [0.1, 0.15) is 24.3 Å². The molecular weight excluding hydrogens is 425 g/mol. The highest BCUT2D eigenvalue weighted by molar-refractivity contribution is 6.06. The topological polar surface area (TPSA) is 74.5 Å². The second-order valence-electron chi connectivity index (χ2n) is 7.81. The number of rotatable bonds is 6. The SMILES string of the molecule is COc1cccc(NC(=O)c2cc3ccc(=O)n(-c4ccc(OC(C)C)cc4)c3n2C)c1F. The van der Waals surface area contributed by atoms with Crippen molar-refractivity contribution in [2.24, 2.45) is 7.05 Å². The maximum absolute atomic E-state index is 14.5. The van der Waals surface area contributed by atoms with Crippen molar-refractivity contribution in [1.29, 1.82) is 0 Å². The summed E-state index contributed by atoms with van der Waals surface area (Å²) in [6, 6.07) is 16.4. The Balaban J connectivity index is 1.75. The van der Waals surface area contributed by atoms with Crippen LogP contribution >= 0.6 is 0 Å². The number of hydrogen-bond donors (Lipinski definition) is 1. The molecule has 4 rings (SSSR count). The average Bonchev–Trinajstić information content (AvgIpc) is 3.12. The number of halogens is 1. The van der Waals surface area contributed by atoms with Gasteiger partial charge in [-0.25, -0.2) is 4.39 Å². The number of aryl methyl sites for hydroxylation is 1. The monoisotopic (exact) mass is 449 g/mol. The van der Waals surface area contributed by atoms with Gasteiger partial charge in [-0.1, -0.05) is 6.07 Å². The number of fused-ring (bicyclic) bond motifs is 1. The van der Waals surface area contributed by atoms with Gasteiger partial charge in [0.1, 0.15) is 17.1 Å². The first-order chi connectivity index (χ1) is 15.8.